The summed E-state index contributed by atoms with van der Waals surface area (Å²) >= 11 is 7.14. The number of rotatable bonds is 5. The van der Waals surface area contributed by atoms with Crippen LogP contribution in [0.25, 0.3) is 0 Å². The highest BCUT2D eigenvalue weighted by Crippen LogP contribution is 2.20. The lowest BCUT2D eigenvalue weighted by molar-refractivity contribution is -0.123. The lowest BCUT2D eigenvalue weighted by Crippen LogP contribution is -2.27. The Morgan fingerprint density at radius 1 is 1.28 bits per heavy atom. The first-order valence-electron chi connectivity index (χ1n) is 7.46. The molecular weight excluding hydrogens is 362 g/mol. The maximum atomic E-state index is 11.9. The first-order valence-corrected chi connectivity index (χ1v) is 8.65. The molecule has 0 saturated carbocycles. The second-order valence-corrected chi connectivity index (χ2v) is 7.67. The molecule has 2 rings (SSSR count). The van der Waals surface area contributed by atoms with E-state index in [-0.39, 0.29) is 18.2 Å². The third-order valence-electron chi connectivity index (χ3n) is 2.98. The van der Waals surface area contributed by atoms with Gasteiger partial charge in [0, 0.05) is 16.0 Å². The number of halogens is 1. The van der Waals surface area contributed by atoms with Gasteiger partial charge in [-0.1, -0.05) is 61.9 Å². The number of carbonyl (C=O) groups excluding carboxylic acids is 2. The highest BCUT2D eigenvalue weighted by molar-refractivity contribution is 7.15. The molecule has 0 saturated heterocycles. The van der Waals surface area contributed by atoms with E-state index in [1.165, 1.54) is 6.21 Å². The number of hydrogen-bond acceptors (Lipinski definition) is 6. The van der Waals surface area contributed by atoms with E-state index in [1.54, 1.807) is 32.9 Å². The standard InChI is InChI=1S/C16H18ClN5O2S/c1-16(2,3)14(24)19-15-22-21-13(25-15)8-12(23)20-18-9-10-6-4-5-7-11(10)17/h4-7,9H,8H2,1-3H3,(H,20,23)(H,19,22,24)/b18-9-. The van der Waals surface area contributed by atoms with Crippen molar-refractivity contribution in [3.05, 3.63) is 39.9 Å². The van der Waals surface area contributed by atoms with Gasteiger partial charge in [0.2, 0.25) is 16.9 Å². The lowest BCUT2D eigenvalue weighted by Gasteiger charge is -2.15. The summed E-state index contributed by atoms with van der Waals surface area (Å²) < 4.78 is 0. The number of amides is 2. The molecule has 2 aromatic rings. The van der Waals surface area contributed by atoms with E-state index in [2.05, 4.69) is 26.0 Å². The molecule has 0 bridgehead atoms. The van der Waals surface area contributed by atoms with Crippen molar-refractivity contribution in [1.82, 2.24) is 15.6 Å². The number of hydrazone groups is 1. The van der Waals surface area contributed by atoms with Crippen molar-refractivity contribution in [2.24, 2.45) is 10.5 Å². The Morgan fingerprint density at radius 3 is 2.68 bits per heavy atom. The van der Waals surface area contributed by atoms with Gasteiger partial charge in [0.1, 0.15) is 5.01 Å². The number of aromatic nitrogens is 2. The normalized spacial score (nSPS) is 11.5. The summed E-state index contributed by atoms with van der Waals surface area (Å²) in [5, 5.41) is 15.7. The fraction of sp³-hybridized carbons (Fsp3) is 0.312. The van der Waals surface area contributed by atoms with Crippen LogP contribution in [0.3, 0.4) is 0 Å². The van der Waals surface area contributed by atoms with Crippen LogP contribution in [0.5, 0.6) is 0 Å². The Kier molecular flexibility index (Phi) is 6.22. The van der Waals surface area contributed by atoms with Crippen molar-refractivity contribution in [2.75, 3.05) is 5.32 Å². The number of nitrogens with zero attached hydrogens (tertiary/aromatic N) is 3. The van der Waals surface area contributed by atoms with Crippen LogP contribution >= 0.6 is 22.9 Å². The van der Waals surface area contributed by atoms with E-state index in [1.807, 2.05) is 12.1 Å². The second-order valence-electron chi connectivity index (χ2n) is 6.20. The van der Waals surface area contributed by atoms with Gasteiger partial charge in [0.15, 0.2) is 0 Å². The van der Waals surface area contributed by atoms with Gasteiger partial charge >= 0.3 is 0 Å². The van der Waals surface area contributed by atoms with Gasteiger partial charge in [0.25, 0.3) is 0 Å². The zero-order chi connectivity index (χ0) is 18.4. The summed E-state index contributed by atoms with van der Waals surface area (Å²) in [6, 6.07) is 7.15. The summed E-state index contributed by atoms with van der Waals surface area (Å²) in [5.74, 6) is -0.503. The summed E-state index contributed by atoms with van der Waals surface area (Å²) in [7, 11) is 0. The van der Waals surface area contributed by atoms with Crippen LogP contribution in [0.2, 0.25) is 5.02 Å². The average molecular weight is 380 g/mol. The van der Waals surface area contributed by atoms with Gasteiger partial charge in [-0.25, -0.2) is 5.43 Å². The van der Waals surface area contributed by atoms with E-state index in [9.17, 15) is 9.59 Å². The molecule has 132 valence electrons. The number of nitrogens with one attached hydrogen (secondary N) is 2. The van der Waals surface area contributed by atoms with Crippen molar-refractivity contribution in [2.45, 2.75) is 27.2 Å². The minimum atomic E-state index is -0.531. The Balaban J connectivity index is 1.87. The molecule has 0 fully saturated rings. The quantitative estimate of drug-likeness (QED) is 0.616. The van der Waals surface area contributed by atoms with E-state index in [0.29, 0.717) is 20.7 Å². The maximum absolute atomic E-state index is 11.9. The molecule has 0 aliphatic carbocycles. The van der Waals surface area contributed by atoms with Gasteiger partial charge in [-0.05, 0) is 6.07 Å². The molecule has 9 heteroatoms. The fourth-order valence-corrected chi connectivity index (χ4v) is 2.51. The Morgan fingerprint density at radius 2 is 2.00 bits per heavy atom. The molecule has 25 heavy (non-hydrogen) atoms. The molecule has 2 N–H and O–H groups in total. The van der Waals surface area contributed by atoms with Gasteiger partial charge in [-0.15, -0.1) is 10.2 Å². The Hall–Kier alpha value is -2.32. The van der Waals surface area contributed by atoms with Crippen molar-refractivity contribution in [1.29, 1.82) is 0 Å². The maximum Gasteiger partial charge on any atom is 0.247 e. The molecule has 0 unspecified atom stereocenters. The minimum absolute atomic E-state index is 0.0168. The molecule has 0 spiro atoms. The van der Waals surface area contributed by atoms with E-state index >= 15 is 0 Å². The molecule has 1 heterocycles. The molecular formula is C16H18ClN5O2S. The number of carbonyl (C=O) groups is 2. The molecule has 7 nitrogen and oxygen atoms in total. The number of hydrogen-bond donors (Lipinski definition) is 2. The first-order chi connectivity index (χ1) is 11.8. The van der Waals surface area contributed by atoms with E-state index in [4.69, 9.17) is 11.6 Å². The SMILES string of the molecule is CC(C)(C)C(=O)Nc1nnc(CC(=O)N/N=C\c2ccccc2Cl)s1. The summed E-state index contributed by atoms with van der Waals surface area (Å²) in [6.45, 7) is 5.40. The zero-order valence-corrected chi connectivity index (χ0v) is 15.6. The minimum Gasteiger partial charge on any atom is -0.300 e. The molecule has 0 atom stereocenters. The third kappa shape index (κ3) is 5.91. The van der Waals surface area contributed by atoms with Crippen molar-refractivity contribution >= 4 is 46.1 Å². The van der Waals surface area contributed by atoms with Crippen LogP contribution in [0.15, 0.2) is 29.4 Å². The van der Waals surface area contributed by atoms with Gasteiger partial charge in [-0.3, -0.25) is 9.59 Å². The van der Waals surface area contributed by atoms with Crippen LogP contribution in [-0.2, 0) is 16.0 Å². The molecule has 1 aromatic heterocycles. The predicted octanol–water partition coefficient (Wildman–Crippen LogP) is 2.87. The summed E-state index contributed by atoms with van der Waals surface area (Å²) in [4.78, 5) is 23.8. The highest BCUT2D eigenvalue weighted by atomic mass is 35.5. The van der Waals surface area contributed by atoms with Crippen LogP contribution in [0.1, 0.15) is 31.3 Å². The van der Waals surface area contributed by atoms with Crippen LogP contribution in [0, 0.1) is 5.41 Å². The smallest absolute Gasteiger partial charge is 0.247 e. The topological polar surface area (TPSA) is 96.3 Å². The molecule has 1 aromatic carbocycles. The number of anilines is 1. The molecule has 0 aliphatic rings. The van der Waals surface area contributed by atoms with Crippen LogP contribution < -0.4 is 10.7 Å². The van der Waals surface area contributed by atoms with Gasteiger partial charge in [0.05, 0.1) is 12.6 Å². The predicted molar refractivity (Wildman–Crippen MR) is 98.9 cm³/mol. The van der Waals surface area contributed by atoms with Crippen molar-refractivity contribution in [3.63, 3.8) is 0 Å². The summed E-state index contributed by atoms with van der Waals surface area (Å²) in [5.41, 5.74) is 2.57. The van der Waals surface area contributed by atoms with Crippen LogP contribution in [-0.4, -0.2) is 28.2 Å². The Labute approximate surface area is 154 Å². The largest absolute Gasteiger partial charge is 0.300 e. The lowest BCUT2D eigenvalue weighted by atomic mass is 9.96. The van der Waals surface area contributed by atoms with E-state index in [0.717, 1.165) is 11.3 Å². The fourth-order valence-electron chi connectivity index (χ4n) is 1.59. The van der Waals surface area contributed by atoms with Crippen molar-refractivity contribution < 1.29 is 9.59 Å². The first kappa shape index (κ1) is 19.0. The Bertz CT molecular complexity index is 798. The molecule has 0 radical (unpaired) electrons. The molecule has 2 amide bonds. The van der Waals surface area contributed by atoms with Crippen molar-refractivity contribution in [3.8, 4) is 0 Å². The van der Waals surface area contributed by atoms with Gasteiger partial charge < -0.3 is 5.32 Å². The highest BCUT2D eigenvalue weighted by Gasteiger charge is 2.22. The average Bonchev–Trinajstić information content (AvgIpc) is 2.95. The summed E-state index contributed by atoms with van der Waals surface area (Å²) in [6.07, 6.45) is 1.48. The zero-order valence-electron chi connectivity index (χ0n) is 14.0. The monoisotopic (exact) mass is 379 g/mol. The number of benzene rings is 1. The molecule has 0 aliphatic heterocycles. The van der Waals surface area contributed by atoms with E-state index < -0.39 is 5.41 Å². The van der Waals surface area contributed by atoms with Crippen LogP contribution in [0.4, 0.5) is 5.13 Å². The second kappa shape index (κ2) is 8.17. The third-order valence-corrected chi connectivity index (χ3v) is 4.16. The van der Waals surface area contributed by atoms with Gasteiger partial charge in [-0.2, -0.15) is 5.10 Å².